The highest BCUT2D eigenvalue weighted by atomic mass is 35.5. The number of methoxy groups -OCH3 is 1. The van der Waals surface area contributed by atoms with Gasteiger partial charge in [0.05, 0.1) is 12.0 Å². The number of carbonyl (C=O) groups excluding carboxylic acids is 1. The molecular formula is C21H19Cl2NO3S2. The molecule has 0 aliphatic carbocycles. The molecule has 0 atom stereocenters. The van der Waals surface area contributed by atoms with Crippen LogP contribution in [-0.2, 0) is 11.4 Å². The van der Waals surface area contributed by atoms with Gasteiger partial charge in [0.2, 0.25) is 0 Å². The summed E-state index contributed by atoms with van der Waals surface area (Å²) in [6.07, 6.45) is 2.68. The van der Waals surface area contributed by atoms with Gasteiger partial charge in [-0.2, -0.15) is 0 Å². The molecule has 0 radical (unpaired) electrons. The summed E-state index contributed by atoms with van der Waals surface area (Å²) in [5.74, 6) is 1.08. The number of halogens is 2. The van der Waals surface area contributed by atoms with Crippen LogP contribution in [0.5, 0.6) is 11.5 Å². The number of hydrogen-bond acceptors (Lipinski definition) is 5. The molecule has 29 heavy (non-hydrogen) atoms. The van der Waals surface area contributed by atoms with Crippen molar-refractivity contribution in [1.82, 2.24) is 4.90 Å². The van der Waals surface area contributed by atoms with Crippen LogP contribution in [0.25, 0.3) is 6.08 Å². The topological polar surface area (TPSA) is 38.8 Å². The highest BCUT2D eigenvalue weighted by molar-refractivity contribution is 8.26. The molecule has 0 bridgehead atoms. The second kappa shape index (κ2) is 9.85. The number of nitrogens with zero attached hydrogens (tertiary/aromatic N) is 1. The van der Waals surface area contributed by atoms with Crippen molar-refractivity contribution < 1.29 is 14.3 Å². The molecule has 1 amide bonds. The van der Waals surface area contributed by atoms with Crippen LogP contribution in [0.15, 0.2) is 41.3 Å². The zero-order valence-corrected chi connectivity index (χ0v) is 19.1. The van der Waals surface area contributed by atoms with E-state index in [1.165, 1.54) is 11.8 Å². The smallest absolute Gasteiger partial charge is 0.266 e. The SMILES string of the molecule is CCCN1C(=O)/C(=C\c2ccc(OCc3ccc(Cl)cc3Cl)c(OC)c2)SC1=S. The van der Waals surface area contributed by atoms with Gasteiger partial charge in [-0.05, 0) is 42.3 Å². The summed E-state index contributed by atoms with van der Waals surface area (Å²) in [5.41, 5.74) is 1.65. The molecule has 3 rings (SSSR count). The Morgan fingerprint density at radius 3 is 2.66 bits per heavy atom. The van der Waals surface area contributed by atoms with Gasteiger partial charge in [-0.1, -0.05) is 66.2 Å². The number of thioether (sulfide) groups is 1. The Morgan fingerprint density at radius 1 is 1.17 bits per heavy atom. The van der Waals surface area contributed by atoms with Crippen molar-refractivity contribution in [3.05, 3.63) is 62.5 Å². The number of carbonyl (C=O) groups is 1. The van der Waals surface area contributed by atoms with E-state index in [0.29, 0.717) is 37.3 Å². The van der Waals surface area contributed by atoms with Gasteiger partial charge in [0.1, 0.15) is 10.9 Å². The van der Waals surface area contributed by atoms with Crippen molar-refractivity contribution in [2.45, 2.75) is 20.0 Å². The van der Waals surface area contributed by atoms with Crippen molar-refractivity contribution in [2.24, 2.45) is 0 Å². The van der Waals surface area contributed by atoms with Crippen LogP contribution in [0.1, 0.15) is 24.5 Å². The molecule has 2 aromatic carbocycles. The Kier molecular flexibility index (Phi) is 7.46. The molecule has 0 aromatic heterocycles. The van der Waals surface area contributed by atoms with Crippen LogP contribution in [0.3, 0.4) is 0 Å². The monoisotopic (exact) mass is 467 g/mol. The molecule has 0 N–H and O–H groups in total. The van der Waals surface area contributed by atoms with Gasteiger partial charge in [0, 0.05) is 22.2 Å². The van der Waals surface area contributed by atoms with Crippen LogP contribution >= 0.6 is 47.2 Å². The van der Waals surface area contributed by atoms with Gasteiger partial charge in [-0.25, -0.2) is 0 Å². The number of rotatable bonds is 7. The second-order valence-electron chi connectivity index (χ2n) is 6.27. The molecule has 0 spiro atoms. The van der Waals surface area contributed by atoms with Gasteiger partial charge in [-0.15, -0.1) is 0 Å². The predicted molar refractivity (Wildman–Crippen MR) is 124 cm³/mol. The Labute approximate surface area is 189 Å². The molecular weight excluding hydrogens is 449 g/mol. The largest absolute Gasteiger partial charge is 0.493 e. The summed E-state index contributed by atoms with van der Waals surface area (Å²) in [6, 6.07) is 10.8. The molecule has 1 fully saturated rings. The normalized spacial score (nSPS) is 15.3. The molecule has 0 saturated carbocycles. The number of benzene rings is 2. The van der Waals surface area contributed by atoms with Gasteiger partial charge < -0.3 is 9.47 Å². The summed E-state index contributed by atoms with van der Waals surface area (Å²) >= 11 is 18.7. The molecule has 2 aromatic rings. The zero-order valence-electron chi connectivity index (χ0n) is 15.9. The fraction of sp³-hybridized carbons (Fsp3) is 0.238. The lowest BCUT2D eigenvalue weighted by atomic mass is 10.1. The van der Waals surface area contributed by atoms with Gasteiger partial charge in [-0.3, -0.25) is 9.69 Å². The Bertz CT molecular complexity index is 978. The van der Waals surface area contributed by atoms with Gasteiger partial charge in [0.25, 0.3) is 5.91 Å². The van der Waals surface area contributed by atoms with Crippen molar-refractivity contribution >= 4 is 63.5 Å². The van der Waals surface area contributed by atoms with E-state index < -0.39 is 0 Å². The van der Waals surface area contributed by atoms with Crippen molar-refractivity contribution in [2.75, 3.05) is 13.7 Å². The van der Waals surface area contributed by atoms with E-state index >= 15 is 0 Å². The van der Waals surface area contributed by atoms with Crippen molar-refractivity contribution in [1.29, 1.82) is 0 Å². The van der Waals surface area contributed by atoms with Crippen LogP contribution in [0.4, 0.5) is 0 Å². The standard InChI is InChI=1S/C21H19Cl2NO3S2/c1-3-8-24-20(25)19(29-21(24)28)10-13-4-7-17(18(9-13)26-2)27-12-14-5-6-15(22)11-16(14)23/h4-7,9-11H,3,8,12H2,1-2H3/b19-10+. The third-order valence-corrected chi connectivity index (χ3v) is 6.17. The van der Waals surface area contributed by atoms with Gasteiger partial charge in [0.15, 0.2) is 11.5 Å². The Balaban J connectivity index is 1.77. The van der Waals surface area contributed by atoms with E-state index in [-0.39, 0.29) is 12.5 Å². The summed E-state index contributed by atoms with van der Waals surface area (Å²) in [7, 11) is 1.57. The second-order valence-corrected chi connectivity index (χ2v) is 8.79. The van der Waals surface area contributed by atoms with Crippen LogP contribution in [0.2, 0.25) is 10.0 Å². The van der Waals surface area contributed by atoms with E-state index in [9.17, 15) is 4.79 Å². The molecule has 4 nitrogen and oxygen atoms in total. The molecule has 1 aliphatic heterocycles. The van der Waals surface area contributed by atoms with Gasteiger partial charge >= 0.3 is 0 Å². The molecule has 0 unspecified atom stereocenters. The summed E-state index contributed by atoms with van der Waals surface area (Å²) in [5, 5.41) is 1.12. The lowest BCUT2D eigenvalue weighted by Crippen LogP contribution is -2.28. The molecule has 1 saturated heterocycles. The number of amides is 1. The maximum absolute atomic E-state index is 12.5. The first-order valence-corrected chi connectivity index (χ1v) is 10.9. The molecule has 152 valence electrons. The fourth-order valence-corrected chi connectivity index (χ4v) is 4.53. The van der Waals surface area contributed by atoms with E-state index in [0.717, 1.165) is 17.5 Å². The first kappa shape index (κ1) is 22.0. The highest BCUT2D eigenvalue weighted by Gasteiger charge is 2.31. The highest BCUT2D eigenvalue weighted by Crippen LogP contribution is 2.35. The van der Waals surface area contributed by atoms with E-state index in [4.69, 9.17) is 44.9 Å². The number of thiocarbonyl (C=S) groups is 1. The van der Waals surface area contributed by atoms with E-state index in [1.54, 1.807) is 30.2 Å². The maximum atomic E-state index is 12.5. The predicted octanol–water partition coefficient (Wildman–Crippen LogP) is 6.19. The van der Waals surface area contributed by atoms with Crippen LogP contribution in [0, 0.1) is 0 Å². The van der Waals surface area contributed by atoms with E-state index in [2.05, 4.69) is 0 Å². The minimum atomic E-state index is -0.0569. The number of ether oxygens (including phenoxy) is 2. The maximum Gasteiger partial charge on any atom is 0.266 e. The Hall–Kier alpha value is -1.73. The summed E-state index contributed by atoms with van der Waals surface area (Å²) < 4.78 is 11.9. The van der Waals surface area contributed by atoms with Crippen LogP contribution in [-0.4, -0.2) is 28.8 Å². The third-order valence-electron chi connectivity index (χ3n) is 4.20. The summed E-state index contributed by atoms with van der Waals surface area (Å²) in [6.45, 7) is 2.93. The average molecular weight is 468 g/mol. The van der Waals surface area contributed by atoms with Crippen molar-refractivity contribution in [3.8, 4) is 11.5 Å². The van der Waals surface area contributed by atoms with E-state index in [1.807, 2.05) is 31.2 Å². The quantitative estimate of drug-likeness (QED) is 0.358. The first-order chi connectivity index (χ1) is 13.9. The lowest BCUT2D eigenvalue weighted by Gasteiger charge is -2.13. The minimum absolute atomic E-state index is 0.0569. The molecule has 1 aliphatic rings. The Morgan fingerprint density at radius 2 is 1.97 bits per heavy atom. The molecule has 8 heteroatoms. The lowest BCUT2D eigenvalue weighted by molar-refractivity contribution is -0.122. The summed E-state index contributed by atoms with van der Waals surface area (Å²) in [4.78, 5) is 14.8. The molecule has 1 heterocycles. The minimum Gasteiger partial charge on any atom is -0.493 e. The fourth-order valence-electron chi connectivity index (χ4n) is 2.76. The van der Waals surface area contributed by atoms with Crippen molar-refractivity contribution in [3.63, 3.8) is 0 Å². The van der Waals surface area contributed by atoms with Crippen LogP contribution < -0.4 is 9.47 Å². The third kappa shape index (κ3) is 5.25. The zero-order chi connectivity index (χ0) is 21.0. The number of hydrogen-bond donors (Lipinski definition) is 0. The first-order valence-electron chi connectivity index (χ1n) is 8.93. The average Bonchev–Trinajstić information content (AvgIpc) is 2.95.